The van der Waals surface area contributed by atoms with Crippen LogP contribution in [0.15, 0.2) is 24.3 Å². The molecule has 1 aromatic rings. The lowest BCUT2D eigenvalue weighted by atomic mass is 9.75. The summed E-state index contributed by atoms with van der Waals surface area (Å²) >= 11 is 0. The molecule has 1 heterocycles. The van der Waals surface area contributed by atoms with Crippen LogP contribution in [-0.4, -0.2) is 43.2 Å². The third kappa shape index (κ3) is 4.77. The van der Waals surface area contributed by atoms with Crippen molar-refractivity contribution in [2.45, 2.75) is 64.8 Å². The molecule has 1 fully saturated rings. The molecular formula is C19H29BFNO4. The first-order chi connectivity index (χ1) is 12.0. The number of rotatable bonds is 5. The van der Waals surface area contributed by atoms with Crippen LogP contribution in [0.5, 0.6) is 0 Å². The highest BCUT2D eigenvalue weighted by Crippen LogP contribution is 2.37. The number of benzene rings is 1. The van der Waals surface area contributed by atoms with Gasteiger partial charge in [-0.2, -0.15) is 0 Å². The van der Waals surface area contributed by atoms with Crippen molar-refractivity contribution < 1.29 is 23.2 Å². The lowest BCUT2D eigenvalue weighted by Crippen LogP contribution is -2.46. The van der Waals surface area contributed by atoms with E-state index in [0.717, 1.165) is 11.0 Å². The van der Waals surface area contributed by atoms with Crippen molar-refractivity contribution in [3.63, 3.8) is 0 Å². The van der Waals surface area contributed by atoms with Gasteiger partial charge in [0.15, 0.2) is 0 Å². The van der Waals surface area contributed by atoms with Crippen LogP contribution in [0.2, 0.25) is 0 Å². The summed E-state index contributed by atoms with van der Waals surface area (Å²) in [5.74, 6) is 0. The second kappa shape index (κ2) is 7.57. The third-order valence-corrected chi connectivity index (χ3v) is 4.67. The molecule has 1 aromatic carbocycles. The monoisotopic (exact) mass is 365 g/mol. The number of amides is 1. The third-order valence-electron chi connectivity index (χ3n) is 4.67. The molecule has 0 spiro atoms. The number of nitrogens with one attached hydrogen (secondary N) is 1. The van der Waals surface area contributed by atoms with Gasteiger partial charge in [-0.05, 0) is 59.0 Å². The highest BCUT2D eigenvalue weighted by Gasteiger charge is 2.55. The van der Waals surface area contributed by atoms with Crippen molar-refractivity contribution in [2.24, 2.45) is 0 Å². The number of alkyl halides is 1. The summed E-state index contributed by atoms with van der Waals surface area (Å²) < 4.78 is 30.7. The molecule has 144 valence electrons. The molecule has 0 aliphatic carbocycles. The number of carbonyl (C=O) groups excluding carboxylic acids is 1. The summed E-state index contributed by atoms with van der Waals surface area (Å²) in [5.41, 5.74) is -0.444. The standard InChI is InChI=1S/C19H29BFNO4/c1-17(2,3)24-16(23)22-12-11-14-9-7-8-10-15(14)20-25-18(4,5)19(6,13-21)26-20/h7-10H,11-13H2,1-6H3,(H,22,23). The second-order valence-corrected chi connectivity index (χ2v) is 8.32. The Hall–Kier alpha value is -1.60. The number of carbonyl (C=O) groups is 1. The van der Waals surface area contributed by atoms with Gasteiger partial charge in [-0.3, -0.25) is 0 Å². The molecule has 0 radical (unpaired) electrons. The van der Waals surface area contributed by atoms with E-state index >= 15 is 0 Å². The number of halogens is 1. The minimum atomic E-state index is -1.00. The quantitative estimate of drug-likeness (QED) is 0.815. The predicted octanol–water partition coefficient (Wildman–Crippen LogP) is 3.00. The van der Waals surface area contributed by atoms with Gasteiger partial charge in [0.25, 0.3) is 0 Å². The molecule has 1 aliphatic rings. The number of alkyl carbamates (subject to hydrolysis) is 1. The van der Waals surface area contributed by atoms with Gasteiger partial charge in [0.2, 0.25) is 0 Å². The zero-order valence-electron chi connectivity index (χ0n) is 16.5. The van der Waals surface area contributed by atoms with Gasteiger partial charge < -0.3 is 19.4 Å². The summed E-state index contributed by atoms with van der Waals surface area (Å²) in [6, 6.07) is 7.68. The average molecular weight is 365 g/mol. The van der Waals surface area contributed by atoms with E-state index in [9.17, 15) is 9.18 Å². The highest BCUT2D eigenvalue weighted by atomic mass is 19.1. The molecule has 0 bridgehead atoms. The van der Waals surface area contributed by atoms with Gasteiger partial charge in [-0.1, -0.05) is 24.3 Å². The number of ether oxygens (including phenoxy) is 1. The van der Waals surface area contributed by atoms with Crippen molar-refractivity contribution in [1.29, 1.82) is 0 Å². The first-order valence-electron chi connectivity index (χ1n) is 8.94. The molecule has 1 saturated heterocycles. The summed E-state index contributed by atoms with van der Waals surface area (Å²) in [7, 11) is -0.636. The van der Waals surface area contributed by atoms with Crippen LogP contribution in [0.3, 0.4) is 0 Å². The Labute approximate surface area is 155 Å². The van der Waals surface area contributed by atoms with Crippen molar-refractivity contribution >= 4 is 18.7 Å². The molecule has 1 unspecified atom stereocenters. The molecule has 5 nitrogen and oxygen atoms in total. The molecule has 0 aromatic heterocycles. The first kappa shape index (κ1) is 20.7. The van der Waals surface area contributed by atoms with Gasteiger partial charge in [-0.15, -0.1) is 0 Å². The van der Waals surface area contributed by atoms with E-state index in [2.05, 4.69) is 5.32 Å². The van der Waals surface area contributed by atoms with E-state index in [4.69, 9.17) is 14.0 Å². The maximum absolute atomic E-state index is 13.5. The Morgan fingerprint density at radius 1 is 1.23 bits per heavy atom. The lowest BCUT2D eigenvalue weighted by Gasteiger charge is -2.33. The minimum Gasteiger partial charge on any atom is -0.444 e. The number of hydrogen-bond acceptors (Lipinski definition) is 4. The van der Waals surface area contributed by atoms with Crippen molar-refractivity contribution in [3.8, 4) is 0 Å². The van der Waals surface area contributed by atoms with E-state index in [1.165, 1.54) is 0 Å². The van der Waals surface area contributed by atoms with Crippen LogP contribution in [0.1, 0.15) is 47.1 Å². The molecule has 0 saturated carbocycles. The van der Waals surface area contributed by atoms with Crippen molar-refractivity contribution in [2.75, 3.05) is 13.2 Å². The average Bonchev–Trinajstić information content (AvgIpc) is 2.76. The largest absolute Gasteiger partial charge is 0.495 e. The molecule has 1 atom stereocenters. The lowest BCUT2D eigenvalue weighted by molar-refractivity contribution is -0.0260. The first-order valence-corrected chi connectivity index (χ1v) is 8.94. The smallest absolute Gasteiger partial charge is 0.444 e. The number of hydrogen-bond donors (Lipinski definition) is 1. The predicted molar refractivity (Wildman–Crippen MR) is 100 cm³/mol. The Morgan fingerprint density at radius 2 is 1.88 bits per heavy atom. The fraction of sp³-hybridized carbons (Fsp3) is 0.632. The maximum atomic E-state index is 13.5. The SMILES string of the molecule is CC(C)(C)OC(=O)NCCc1ccccc1B1OC(C)(C)C(C)(CF)O1. The van der Waals surface area contributed by atoms with Gasteiger partial charge >= 0.3 is 13.2 Å². The molecule has 1 amide bonds. The summed E-state index contributed by atoms with van der Waals surface area (Å²) in [6.07, 6.45) is 0.139. The van der Waals surface area contributed by atoms with E-state index < -0.39 is 36.7 Å². The van der Waals surface area contributed by atoms with E-state index in [1.54, 1.807) is 6.92 Å². The van der Waals surface area contributed by atoms with Gasteiger partial charge in [0, 0.05) is 6.54 Å². The summed E-state index contributed by atoms with van der Waals surface area (Å²) in [5, 5.41) is 2.75. The Morgan fingerprint density at radius 3 is 2.46 bits per heavy atom. The Balaban J connectivity index is 2.04. The minimum absolute atomic E-state index is 0.419. The van der Waals surface area contributed by atoms with Gasteiger partial charge in [-0.25, -0.2) is 9.18 Å². The summed E-state index contributed by atoms with van der Waals surface area (Å²) in [4.78, 5) is 11.8. The van der Waals surface area contributed by atoms with E-state index in [1.807, 2.05) is 58.9 Å². The van der Waals surface area contributed by atoms with Crippen LogP contribution in [0.4, 0.5) is 9.18 Å². The van der Waals surface area contributed by atoms with Crippen LogP contribution >= 0.6 is 0 Å². The zero-order valence-corrected chi connectivity index (χ0v) is 16.5. The Bertz CT molecular complexity index is 647. The normalized spacial score (nSPS) is 22.3. The topological polar surface area (TPSA) is 56.8 Å². The molecule has 1 N–H and O–H groups in total. The van der Waals surface area contributed by atoms with Crippen molar-refractivity contribution in [1.82, 2.24) is 5.32 Å². The highest BCUT2D eigenvalue weighted by molar-refractivity contribution is 6.62. The van der Waals surface area contributed by atoms with Crippen LogP contribution < -0.4 is 10.8 Å². The van der Waals surface area contributed by atoms with Crippen LogP contribution in [0.25, 0.3) is 0 Å². The van der Waals surface area contributed by atoms with E-state index in [-0.39, 0.29) is 0 Å². The zero-order chi connectivity index (χ0) is 19.6. The fourth-order valence-electron chi connectivity index (χ4n) is 2.72. The molecule has 7 heteroatoms. The molecule has 2 rings (SSSR count). The molecular weight excluding hydrogens is 336 g/mol. The summed E-state index contributed by atoms with van der Waals surface area (Å²) in [6.45, 7) is 10.6. The van der Waals surface area contributed by atoms with Crippen LogP contribution in [-0.2, 0) is 20.5 Å². The van der Waals surface area contributed by atoms with Crippen molar-refractivity contribution in [3.05, 3.63) is 29.8 Å². The fourth-order valence-corrected chi connectivity index (χ4v) is 2.72. The van der Waals surface area contributed by atoms with E-state index in [0.29, 0.717) is 13.0 Å². The maximum Gasteiger partial charge on any atom is 0.495 e. The second-order valence-electron chi connectivity index (χ2n) is 8.32. The van der Waals surface area contributed by atoms with Gasteiger partial charge in [0.05, 0.1) is 5.60 Å². The Kier molecular flexibility index (Phi) is 6.03. The van der Waals surface area contributed by atoms with Crippen LogP contribution in [0, 0.1) is 0 Å². The molecule has 1 aliphatic heterocycles. The van der Waals surface area contributed by atoms with Gasteiger partial charge in [0.1, 0.15) is 17.9 Å². The molecule has 26 heavy (non-hydrogen) atoms.